The van der Waals surface area contributed by atoms with Gasteiger partial charge in [0.1, 0.15) is 5.75 Å². The van der Waals surface area contributed by atoms with E-state index in [9.17, 15) is 0 Å². The molecule has 1 heterocycles. The summed E-state index contributed by atoms with van der Waals surface area (Å²) in [6, 6.07) is 8.12. The van der Waals surface area contributed by atoms with Crippen LogP contribution in [0.5, 0.6) is 5.75 Å². The van der Waals surface area contributed by atoms with Crippen LogP contribution in [0, 0.1) is 0 Å². The third kappa shape index (κ3) is 3.68. The van der Waals surface area contributed by atoms with Crippen molar-refractivity contribution in [3.05, 3.63) is 48.5 Å². The van der Waals surface area contributed by atoms with E-state index in [-0.39, 0.29) is 6.04 Å². The molecule has 108 valence electrons. The van der Waals surface area contributed by atoms with Crippen molar-refractivity contribution in [1.29, 1.82) is 0 Å². The van der Waals surface area contributed by atoms with Gasteiger partial charge in [0, 0.05) is 11.6 Å². The van der Waals surface area contributed by atoms with E-state index in [1.54, 1.807) is 7.11 Å². The average molecular weight is 395 g/mol. The van der Waals surface area contributed by atoms with Crippen LogP contribution >= 0.6 is 50.5 Å². The van der Waals surface area contributed by atoms with E-state index in [2.05, 4.69) is 33.4 Å². The zero-order valence-corrected chi connectivity index (χ0v) is 15.0. The van der Waals surface area contributed by atoms with Gasteiger partial charge in [0.2, 0.25) is 0 Å². The molecule has 0 amide bonds. The molecule has 6 heteroatoms. The molecule has 1 aromatic heterocycles. The summed E-state index contributed by atoms with van der Waals surface area (Å²) in [6.07, 6.45) is 0.825. The van der Waals surface area contributed by atoms with Gasteiger partial charge >= 0.3 is 0 Å². The third-order valence-electron chi connectivity index (χ3n) is 3.06. The highest BCUT2D eigenvalue weighted by molar-refractivity contribution is 9.10. The van der Waals surface area contributed by atoms with Crippen molar-refractivity contribution in [1.82, 2.24) is 5.32 Å². The first-order chi connectivity index (χ1) is 9.55. The zero-order chi connectivity index (χ0) is 14.7. The van der Waals surface area contributed by atoms with Gasteiger partial charge < -0.3 is 10.1 Å². The lowest BCUT2D eigenvalue weighted by Crippen LogP contribution is -2.18. The van der Waals surface area contributed by atoms with Gasteiger partial charge in [-0.05, 0) is 53.2 Å². The molecule has 2 nitrogen and oxygen atoms in total. The highest BCUT2D eigenvalue weighted by atomic mass is 79.9. The Bertz CT molecular complexity index is 603. The number of rotatable bonds is 5. The van der Waals surface area contributed by atoms with Crippen molar-refractivity contribution < 1.29 is 4.74 Å². The average Bonchev–Trinajstić information content (AvgIpc) is 2.75. The highest BCUT2D eigenvalue weighted by Crippen LogP contribution is 2.36. The first-order valence-corrected chi connectivity index (χ1v) is 8.36. The summed E-state index contributed by atoms with van der Waals surface area (Å²) in [5.41, 5.74) is 2.23. The Morgan fingerprint density at radius 1 is 1.35 bits per heavy atom. The Kier molecular flexibility index (Phi) is 5.75. The van der Waals surface area contributed by atoms with E-state index in [1.807, 2.05) is 19.2 Å². The van der Waals surface area contributed by atoms with E-state index in [0.717, 1.165) is 26.5 Å². The number of methoxy groups -OCH3 is 1. The minimum atomic E-state index is 0.131. The van der Waals surface area contributed by atoms with Gasteiger partial charge in [0.15, 0.2) is 0 Å². The van der Waals surface area contributed by atoms with Crippen LogP contribution < -0.4 is 10.1 Å². The van der Waals surface area contributed by atoms with Gasteiger partial charge in [-0.25, -0.2) is 0 Å². The van der Waals surface area contributed by atoms with Crippen LogP contribution in [0.1, 0.15) is 17.2 Å². The Morgan fingerprint density at radius 2 is 2.10 bits per heavy atom. The zero-order valence-electron chi connectivity index (χ0n) is 11.0. The fourth-order valence-corrected chi connectivity index (χ4v) is 4.20. The number of hydrogen-bond donors (Lipinski definition) is 1. The quantitative estimate of drug-likeness (QED) is 0.739. The van der Waals surface area contributed by atoms with Crippen LogP contribution in [-0.4, -0.2) is 14.2 Å². The molecule has 0 aliphatic carbocycles. The summed E-state index contributed by atoms with van der Waals surface area (Å²) in [6.45, 7) is 0. The Morgan fingerprint density at radius 3 is 2.60 bits per heavy atom. The van der Waals surface area contributed by atoms with Gasteiger partial charge in [-0.15, -0.1) is 11.3 Å². The lowest BCUT2D eigenvalue weighted by molar-refractivity contribution is 0.412. The van der Waals surface area contributed by atoms with Crippen LogP contribution in [0.25, 0.3) is 0 Å². The molecule has 20 heavy (non-hydrogen) atoms. The molecule has 1 unspecified atom stereocenters. The minimum Gasteiger partial charge on any atom is -0.496 e. The summed E-state index contributed by atoms with van der Waals surface area (Å²) in [4.78, 5) is 0. The van der Waals surface area contributed by atoms with E-state index < -0.39 is 0 Å². The summed E-state index contributed by atoms with van der Waals surface area (Å²) in [5, 5.41) is 3.29. The molecule has 0 radical (unpaired) electrons. The van der Waals surface area contributed by atoms with E-state index in [0.29, 0.717) is 4.34 Å². The monoisotopic (exact) mass is 393 g/mol. The first-order valence-electron chi connectivity index (χ1n) is 5.99. The number of ether oxygens (including phenoxy) is 1. The number of halogens is 3. The van der Waals surface area contributed by atoms with Gasteiger partial charge in [-0.2, -0.15) is 0 Å². The van der Waals surface area contributed by atoms with Crippen molar-refractivity contribution in [3.63, 3.8) is 0 Å². The maximum atomic E-state index is 6.23. The molecule has 0 aliphatic heterocycles. The lowest BCUT2D eigenvalue weighted by atomic mass is 10.0. The van der Waals surface area contributed by atoms with Crippen molar-refractivity contribution in [2.24, 2.45) is 0 Å². The molecule has 2 aromatic rings. The number of likely N-dealkylation sites (N-methyl/N-ethyl adjacent to an activating group) is 1. The standard InChI is InChI=1S/C14H14BrCl2NOS/c1-18-11(9-7-13(16)20-14(9)17)6-8-3-4-12(19-2)10(15)5-8/h3-5,7,11,18H,6H2,1-2H3. The summed E-state index contributed by atoms with van der Waals surface area (Å²) in [5.74, 6) is 0.825. The molecular formula is C14H14BrCl2NOS. The van der Waals surface area contributed by atoms with Gasteiger partial charge in [0.25, 0.3) is 0 Å². The Hall–Kier alpha value is -0.260. The Labute approximate surface area is 141 Å². The topological polar surface area (TPSA) is 21.3 Å². The molecule has 0 bridgehead atoms. The van der Waals surface area contributed by atoms with E-state index in [4.69, 9.17) is 27.9 Å². The molecule has 0 aliphatic rings. The fraction of sp³-hybridized carbons (Fsp3) is 0.286. The SMILES string of the molecule is CNC(Cc1ccc(OC)c(Br)c1)c1cc(Cl)sc1Cl. The second kappa shape index (κ2) is 7.14. The third-order valence-corrected chi connectivity index (χ3v) is 5.20. The van der Waals surface area contributed by atoms with Crippen LogP contribution in [0.2, 0.25) is 8.67 Å². The van der Waals surface area contributed by atoms with Crippen molar-refractivity contribution in [3.8, 4) is 5.75 Å². The summed E-state index contributed by atoms with van der Waals surface area (Å²) < 4.78 is 7.63. The number of hydrogen-bond acceptors (Lipinski definition) is 3. The Balaban J connectivity index is 2.22. The molecule has 2 rings (SSSR count). The molecule has 0 saturated carbocycles. The smallest absolute Gasteiger partial charge is 0.133 e. The number of nitrogens with one attached hydrogen (secondary N) is 1. The predicted octanol–water partition coefficient (Wildman–Crippen LogP) is 5.33. The largest absolute Gasteiger partial charge is 0.496 e. The number of benzene rings is 1. The maximum Gasteiger partial charge on any atom is 0.133 e. The van der Waals surface area contributed by atoms with Crippen LogP contribution in [-0.2, 0) is 6.42 Å². The fourth-order valence-electron chi connectivity index (χ4n) is 2.03. The van der Waals surface area contributed by atoms with Crippen LogP contribution in [0.3, 0.4) is 0 Å². The second-order valence-corrected chi connectivity index (χ2v) is 7.43. The van der Waals surface area contributed by atoms with Crippen LogP contribution in [0.15, 0.2) is 28.7 Å². The van der Waals surface area contributed by atoms with Gasteiger partial charge in [-0.3, -0.25) is 0 Å². The molecule has 1 aromatic carbocycles. The molecular weight excluding hydrogens is 381 g/mol. The van der Waals surface area contributed by atoms with Crippen molar-refractivity contribution in [2.75, 3.05) is 14.2 Å². The normalized spacial score (nSPS) is 12.4. The molecule has 0 fully saturated rings. The lowest BCUT2D eigenvalue weighted by Gasteiger charge is -2.16. The maximum absolute atomic E-state index is 6.23. The van der Waals surface area contributed by atoms with Gasteiger partial charge in [-0.1, -0.05) is 29.3 Å². The molecule has 0 saturated heterocycles. The second-order valence-electron chi connectivity index (χ2n) is 4.29. The first kappa shape index (κ1) is 16.1. The number of thiophene rings is 1. The minimum absolute atomic E-state index is 0.131. The van der Waals surface area contributed by atoms with Gasteiger partial charge in [0.05, 0.1) is 20.3 Å². The molecule has 0 spiro atoms. The molecule has 1 atom stereocenters. The highest BCUT2D eigenvalue weighted by Gasteiger charge is 2.17. The predicted molar refractivity (Wildman–Crippen MR) is 90.5 cm³/mol. The van der Waals surface area contributed by atoms with Crippen molar-refractivity contribution in [2.45, 2.75) is 12.5 Å². The summed E-state index contributed by atoms with van der Waals surface area (Å²) >= 11 is 17.1. The van der Waals surface area contributed by atoms with Crippen LogP contribution in [0.4, 0.5) is 0 Å². The van der Waals surface area contributed by atoms with Crippen molar-refractivity contribution >= 4 is 50.5 Å². The molecule has 1 N–H and O–H groups in total. The summed E-state index contributed by atoms with van der Waals surface area (Å²) in [7, 11) is 3.58. The van der Waals surface area contributed by atoms with E-state index >= 15 is 0 Å². The van der Waals surface area contributed by atoms with E-state index in [1.165, 1.54) is 16.9 Å².